The monoisotopic (exact) mass is 432 g/mol. The summed E-state index contributed by atoms with van der Waals surface area (Å²) >= 11 is 0. The van der Waals surface area contributed by atoms with E-state index in [1.54, 1.807) is 43.3 Å². The highest BCUT2D eigenvalue weighted by molar-refractivity contribution is 5.95. The van der Waals surface area contributed by atoms with Crippen LogP contribution in [-0.2, 0) is 4.79 Å². The van der Waals surface area contributed by atoms with Crippen LogP contribution in [0.5, 0.6) is 5.75 Å². The van der Waals surface area contributed by atoms with Gasteiger partial charge in [-0.1, -0.05) is 12.1 Å². The normalized spacial score (nSPS) is 11.7. The Kier molecular flexibility index (Phi) is 5.67. The van der Waals surface area contributed by atoms with Crippen LogP contribution in [0.25, 0.3) is 17.0 Å². The average Bonchev–Trinajstić information content (AvgIpc) is 3.48. The highest BCUT2D eigenvalue weighted by Gasteiger charge is 2.17. The first-order chi connectivity index (χ1) is 15.4. The molecule has 2 heterocycles. The molecule has 1 unspecified atom stereocenters. The molecule has 0 saturated carbocycles. The number of rotatable bonds is 7. The molecule has 162 valence electrons. The molecule has 0 saturated heterocycles. The minimum atomic E-state index is -0.748. The molecule has 3 N–H and O–H groups in total. The van der Waals surface area contributed by atoms with Gasteiger partial charge in [0.15, 0.2) is 11.9 Å². The zero-order valence-corrected chi connectivity index (χ0v) is 17.4. The van der Waals surface area contributed by atoms with E-state index in [9.17, 15) is 9.59 Å². The Morgan fingerprint density at radius 3 is 2.56 bits per heavy atom. The van der Waals surface area contributed by atoms with Crippen molar-refractivity contribution in [3.05, 3.63) is 72.2 Å². The number of anilines is 1. The lowest BCUT2D eigenvalue weighted by atomic mass is 10.1. The number of furan rings is 1. The Balaban J connectivity index is 1.44. The van der Waals surface area contributed by atoms with E-state index >= 15 is 0 Å². The predicted molar refractivity (Wildman–Crippen MR) is 115 cm³/mol. The van der Waals surface area contributed by atoms with Crippen molar-refractivity contribution >= 4 is 17.5 Å². The number of tetrazole rings is 1. The van der Waals surface area contributed by atoms with Gasteiger partial charge in [0.2, 0.25) is 0 Å². The number of nitrogens with zero attached hydrogens (tertiary/aromatic N) is 4. The number of benzene rings is 2. The standard InChI is InChI=1S/C22H20N6O4/c1-13-3-4-15(19-9-10-20(32-19)21(23)29)11-18(13)25-22(30)14(2)31-17-7-5-16(6-8-17)28-12-24-26-27-28/h3-12,14H,1-2H3,(H2,23,29)(H,25,30). The van der Waals surface area contributed by atoms with Crippen molar-refractivity contribution in [3.63, 3.8) is 0 Å². The van der Waals surface area contributed by atoms with Gasteiger partial charge in [0, 0.05) is 11.3 Å². The van der Waals surface area contributed by atoms with E-state index in [1.165, 1.54) is 17.1 Å². The highest BCUT2D eigenvalue weighted by atomic mass is 16.5. The third kappa shape index (κ3) is 4.48. The molecule has 10 heteroatoms. The van der Waals surface area contributed by atoms with Gasteiger partial charge in [0.05, 0.1) is 5.69 Å². The van der Waals surface area contributed by atoms with Gasteiger partial charge in [-0.2, -0.15) is 0 Å². The van der Waals surface area contributed by atoms with Gasteiger partial charge in [0.25, 0.3) is 11.8 Å². The number of nitrogens with one attached hydrogen (secondary N) is 1. The van der Waals surface area contributed by atoms with Gasteiger partial charge >= 0.3 is 0 Å². The molecule has 4 aromatic rings. The summed E-state index contributed by atoms with van der Waals surface area (Å²) in [7, 11) is 0. The molecular formula is C22H20N6O4. The summed E-state index contributed by atoms with van der Waals surface area (Å²) in [6.45, 7) is 3.54. The number of amides is 2. The van der Waals surface area contributed by atoms with Crippen molar-refractivity contribution in [2.45, 2.75) is 20.0 Å². The van der Waals surface area contributed by atoms with Crippen LogP contribution < -0.4 is 15.8 Å². The van der Waals surface area contributed by atoms with E-state index in [1.807, 2.05) is 19.1 Å². The Morgan fingerprint density at radius 2 is 1.91 bits per heavy atom. The molecule has 0 bridgehead atoms. The van der Waals surface area contributed by atoms with Crippen molar-refractivity contribution in [2.24, 2.45) is 5.73 Å². The summed E-state index contributed by atoms with van der Waals surface area (Å²) in [5.74, 6) is 0.117. The van der Waals surface area contributed by atoms with Gasteiger partial charge in [-0.25, -0.2) is 4.68 Å². The maximum absolute atomic E-state index is 12.7. The maximum atomic E-state index is 12.7. The zero-order valence-electron chi connectivity index (χ0n) is 17.4. The Morgan fingerprint density at radius 1 is 1.12 bits per heavy atom. The maximum Gasteiger partial charge on any atom is 0.284 e. The minimum absolute atomic E-state index is 0.0688. The van der Waals surface area contributed by atoms with Crippen molar-refractivity contribution < 1.29 is 18.7 Å². The molecule has 0 radical (unpaired) electrons. The van der Waals surface area contributed by atoms with Crippen LogP contribution in [0.1, 0.15) is 23.0 Å². The molecule has 0 aliphatic rings. The topological polar surface area (TPSA) is 138 Å². The summed E-state index contributed by atoms with van der Waals surface area (Å²) in [6.07, 6.45) is 0.738. The molecule has 2 amide bonds. The van der Waals surface area contributed by atoms with Crippen LogP contribution in [0.3, 0.4) is 0 Å². The van der Waals surface area contributed by atoms with Gasteiger partial charge in [0.1, 0.15) is 17.8 Å². The summed E-state index contributed by atoms with van der Waals surface area (Å²) in [5, 5.41) is 13.9. The highest BCUT2D eigenvalue weighted by Crippen LogP contribution is 2.27. The molecule has 2 aromatic heterocycles. The number of ether oxygens (including phenoxy) is 1. The summed E-state index contributed by atoms with van der Waals surface area (Å²) in [5.41, 5.74) is 8.18. The fourth-order valence-electron chi connectivity index (χ4n) is 2.98. The van der Waals surface area contributed by atoms with Crippen LogP contribution in [0.2, 0.25) is 0 Å². The van der Waals surface area contributed by atoms with E-state index in [0.29, 0.717) is 22.8 Å². The number of primary amides is 1. The molecule has 2 aromatic carbocycles. The second-order valence-corrected chi connectivity index (χ2v) is 7.06. The van der Waals surface area contributed by atoms with Crippen LogP contribution in [0.15, 0.2) is 65.3 Å². The molecule has 10 nitrogen and oxygen atoms in total. The third-order valence-electron chi connectivity index (χ3n) is 4.76. The minimum Gasteiger partial charge on any atom is -0.481 e. The van der Waals surface area contributed by atoms with Gasteiger partial charge in [-0.15, -0.1) is 5.10 Å². The quantitative estimate of drug-likeness (QED) is 0.458. The molecule has 4 rings (SSSR count). The molecule has 0 fully saturated rings. The third-order valence-corrected chi connectivity index (χ3v) is 4.76. The molecular weight excluding hydrogens is 412 g/mol. The summed E-state index contributed by atoms with van der Waals surface area (Å²) in [4.78, 5) is 24.0. The lowest BCUT2D eigenvalue weighted by Gasteiger charge is -2.16. The first-order valence-corrected chi connectivity index (χ1v) is 9.72. The van der Waals surface area contributed by atoms with Gasteiger partial charge < -0.3 is 20.2 Å². The summed E-state index contributed by atoms with van der Waals surface area (Å²) < 4.78 is 12.7. The van der Waals surface area contributed by atoms with E-state index < -0.39 is 12.0 Å². The fourth-order valence-corrected chi connectivity index (χ4v) is 2.98. The molecule has 1 atom stereocenters. The van der Waals surface area contributed by atoms with Crippen LogP contribution in [-0.4, -0.2) is 38.1 Å². The van der Waals surface area contributed by atoms with E-state index in [2.05, 4.69) is 20.8 Å². The number of carbonyl (C=O) groups excluding carboxylic acids is 2. The lowest BCUT2D eigenvalue weighted by Crippen LogP contribution is -2.30. The Labute approximate surface area is 183 Å². The van der Waals surface area contributed by atoms with Crippen LogP contribution in [0.4, 0.5) is 5.69 Å². The van der Waals surface area contributed by atoms with Crippen molar-refractivity contribution in [2.75, 3.05) is 5.32 Å². The molecule has 0 spiro atoms. The van der Waals surface area contributed by atoms with Crippen molar-refractivity contribution in [1.82, 2.24) is 20.2 Å². The number of hydrogen-bond donors (Lipinski definition) is 2. The molecule has 32 heavy (non-hydrogen) atoms. The van der Waals surface area contributed by atoms with Crippen molar-refractivity contribution in [1.29, 1.82) is 0 Å². The molecule has 0 aliphatic carbocycles. The van der Waals surface area contributed by atoms with Crippen LogP contribution >= 0.6 is 0 Å². The number of aryl methyl sites for hydroxylation is 1. The number of hydrogen-bond acceptors (Lipinski definition) is 7. The van der Waals surface area contributed by atoms with Gasteiger partial charge in [-0.3, -0.25) is 9.59 Å². The zero-order chi connectivity index (χ0) is 22.7. The second-order valence-electron chi connectivity index (χ2n) is 7.06. The van der Waals surface area contributed by atoms with E-state index in [-0.39, 0.29) is 11.7 Å². The van der Waals surface area contributed by atoms with Crippen LogP contribution in [0, 0.1) is 6.92 Å². The van der Waals surface area contributed by atoms with Crippen molar-refractivity contribution in [3.8, 4) is 22.8 Å². The predicted octanol–water partition coefficient (Wildman–Crippen LogP) is 2.74. The Hall–Kier alpha value is -4.47. The summed E-state index contributed by atoms with van der Waals surface area (Å²) in [6, 6.07) is 15.7. The molecule has 0 aliphatic heterocycles. The van der Waals surface area contributed by atoms with E-state index in [0.717, 1.165) is 11.3 Å². The second kappa shape index (κ2) is 8.72. The first kappa shape index (κ1) is 20.8. The van der Waals surface area contributed by atoms with Gasteiger partial charge in [-0.05, 0) is 72.3 Å². The smallest absolute Gasteiger partial charge is 0.284 e. The van der Waals surface area contributed by atoms with E-state index in [4.69, 9.17) is 14.9 Å². The first-order valence-electron chi connectivity index (χ1n) is 9.72. The number of aromatic nitrogens is 4. The number of nitrogens with two attached hydrogens (primary N) is 1. The Bertz CT molecular complexity index is 1250. The largest absolute Gasteiger partial charge is 0.481 e. The number of carbonyl (C=O) groups is 2. The SMILES string of the molecule is Cc1ccc(-c2ccc(C(N)=O)o2)cc1NC(=O)C(C)Oc1ccc(-n2cnnn2)cc1. The fraction of sp³-hybridized carbons (Fsp3) is 0.136. The average molecular weight is 432 g/mol. The lowest BCUT2D eigenvalue weighted by molar-refractivity contribution is -0.122.